The Balaban J connectivity index is 1.66. The van der Waals surface area contributed by atoms with Crippen molar-refractivity contribution in [3.63, 3.8) is 0 Å². The number of fused-ring (bicyclic) bond motifs is 1. The van der Waals surface area contributed by atoms with Crippen LogP contribution in [0.4, 0.5) is 5.69 Å². The topological polar surface area (TPSA) is 64.4 Å². The van der Waals surface area contributed by atoms with E-state index in [-0.39, 0.29) is 5.91 Å². The summed E-state index contributed by atoms with van der Waals surface area (Å²) in [6.07, 6.45) is 3.78. The van der Waals surface area contributed by atoms with Crippen molar-refractivity contribution in [2.24, 2.45) is 7.05 Å². The van der Waals surface area contributed by atoms with Crippen LogP contribution in [-0.2, 0) is 27.8 Å². The first-order valence-electron chi connectivity index (χ1n) is 8.85. The van der Waals surface area contributed by atoms with Gasteiger partial charge in [0.25, 0.3) is 5.91 Å². The van der Waals surface area contributed by atoms with Crippen molar-refractivity contribution in [1.82, 2.24) is 9.78 Å². The minimum absolute atomic E-state index is 0.223. The Morgan fingerprint density at radius 3 is 2.78 bits per heavy atom. The summed E-state index contributed by atoms with van der Waals surface area (Å²) in [7, 11) is 1.72. The third-order valence-electron chi connectivity index (χ3n) is 4.60. The van der Waals surface area contributed by atoms with Crippen LogP contribution < -0.4 is 4.90 Å². The third kappa shape index (κ3) is 4.06. The van der Waals surface area contributed by atoms with Crippen molar-refractivity contribution in [3.05, 3.63) is 52.3 Å². The maximum Gasteiger partial charge on any atom is 0.331 e. The number of nitrogens with zero attached hydrogens (tertiary/aromatic N) is 3. The Hall–Kier alpha value is -2.60. The predicted molar refractivity (Wildman–Crippen MR) is 105 cm³/mol. The fourth-order valence-corrected chi connectivity index (χ4v) is 3.47. The van der Waals surface area contributed by atoms with E-state index >= 15 is 0 Å². The van der Waals surface area contributed by atoms with Crippen molar-refractivity contribution >= 4 is 35.2 Å². The molecule has 1 aliphatic rings. The van der Waals surface area contributed by atoms with E-state index in [0.29, 0.717) is 23.0 Å². The number of halogens is 1. The van der Waals surface area contributed by atoms with Crippen LogP contribution in [0, 0.1) is 6.92 Å². The van der Waals surface area contributed by atoms with Gasteiger partial charge in [-0.15, -0.1) is 0 Å². The van der Waals surface area contributed by atoms with Gasteiger partial charge in [0.15, 0.2) is 6.10 Å². The molecule has 0 radical (unpaired) electrons. The van der Waals surface area contributed by atoms with Gasteiger partial charge in [-0.05, 0) is 44.4 Å². The van der Waals surface area contributed by atoms with Gasteiger partial charge in [-0.25, -0.2) is 4.79 Å². The number of carbonyl (C=O) groups excluding carboxylic acids is 2. The Morgan fingerprint density at radius 2 is 2.07 bits per heavy atom. The summed E-state index contributed by atoms with van der Waals surface area (Å²) in [6.45, 7) is 4.02. The fourth-order valence-electron chi connectivity index (χ4n) is 3.23. The molecule has 3 rings (SSSR count). The molecule has 1 atom stereocenters. The van der Waals surface area contributed by atoms with E-state index in [0.717, 1.165) is 24.1 Å². The highest BCUT2D eigenvalue weighted by Crippen LogP contribution is 2.27. The molecule has 1 amide bonds. The van der Waals surface area contributed by atoms with Gasteiger partial charge in [-0.3, -0.25) is 9.48 Å². The van der Waals surface area contributed by atoms with Crippen LogP contribution in [0.25, 0.3) is 6.08 Å². The summed E-state index contributed by atoms with van der Waals surface area (Å²) in [5.41, 5.74) is 3.39. The average Bonchev–Trinajstić information content (AvgIpc) is 2.90. The van der Waals surface area contributed by atoms with Crippen LogP contribution in [0.15, 0.2) is 30.3 Å². The Bertz CT molecular complexity index is 904. The van der Waals surface area contributed by atoms with E-state index in [1.54, 1.807) is 31.9 Å². The van der Waals surface area contributed by atoms with Crippen molar-refractivity contribution in [2.45, 2.75) is 32.8 Å². The van der Waals surface area contributed by atoms with E-state index in [2.05, 4.69) is 5.10 Å². The number of rotatable bonds is 4. The molecule has 0 saturated carbocycles. The molecule has 1 aliphatic heterocycles. The number of hydrogen-bond donors (Lipinski definition) is 0. The number of benzene rings is 1. The zero-order valence-corrected chi connectivity index (χ0v) is 16.4. The zero-order chi connectivity index (χ0) is 19.6. The molecule has 1 unspecified atom stereocenters. The van der Waals surface area contributed by atoms with Crippen molar-refractivity contribution in [2.75, 3.05) is 11.4 Å². The second-order valence-electron chi connectivity index (χ2n) is 6.55. The number of para-hydroxylation sites is 1. The van der Waals surface area contributed by atoms with E-state index in [1.165, 1.54) is 10.8 Å². The number of carbonyl (C=O) groups is 2. The molecular weight excluding hydrogens is 366 g/mol. The number of aromatic nitrogens is 2. The molecule has 0 aliphatic carbocycles. The molecule has 1 aromatic heterocycles. The van der Waals surface area contributed by atoms with Crippen molar-refractivity contribution in [1.29, 1.82) is 0 Å². The van der Waals surface area contributed by atoms with Gasteiger partial charge in [0.05, 0.1) is 5.69 Å². The van der Waals surface area contributed by atoms with E-state index < -0.39 is 12.1 Å². The molecule has 27 heavy (non-hydrogen) atoms. The molecule has 2 aromatic rings. The number of ether oxygens (including phenoxy) is 1. The van der Waals surface area contributed by atoms with Crippen LogP contribution in [0.5, 0.6) is 0 Å². The van der Waals surface area contributed by atoms with Crippen LogP contribution in [-0.4, -0.2) is 34.3 Å². The molecule has 0 saturated heterocycles. The maximum atomic E-state index is 12.8. The molecule has 2 heterocycles. The Kier molecular flexibility index (Phi) is 5.65. The van der Waals surface area contributed by atoms with Crippen LogP contribution in [0.3, 0.4) is 0 Å². The summed E-state index contributed by atoms with van der Waals surface area (Å²) in [5.74, 6) is -0.819. The summed E-state index contributed by atoms with van der Waals surface area (Å²) in [5, 5.41) is 4.62. The summed E-state index contributed by atoms with van der Waals surface area (Å²) in [4.78, 5) is 26.6. The number of anilines is 1. The second-order valence-corrected chi connectivity index (χ2v) is 6.91. The molecule has 142 valence electrons. The minimum Gasteiger partial charge on any atom is -0.449 e. The molecule has 0 spiro atoms. The molecule has 7 heteroatoms. The second kappa shape index (κ2) is 7.96. The lowest BCUT2D eigenvalue weighted by Gasteiger charge is -2.31. The number of amides is 1. The number of aryl methyl sites for hydroxylation is 3. The van der Waals surface area contributed by atoms with Crippen LogP contribution >= 0.6 is 11.6 Å². The molecular formula is C20H22ClN3O3. The lowest BCUT2D eigenvalue weighted by Crippen LogP contribution is -2.42. The van der Waals surface area contributed by atoms with Crippen LogP contribution in [0.1, 0.15) is 30.2 Å². The molecule has 0 fully saturated rings. The first-order chi connectivity index (χ1) is 12.9. The summed E-state index contributed by atoms with van der Waals surface area (Å²) < 4.78 is 6.83. The predicted octanol–water partition coefficient (Wildman–Crippen LogP) is 3.31. The minimum atomic E-state index is -0.876. The highest BCUT2D eigenvalue weighted by atomic mass is 35.5. The molecule has 0 N–H and O–H groups in total. The van der Waals surface area contributed by atoms with Crippen molar-refractivity contribution in [3.8, 4) is 0 Å². The highest BCUT2D eigenvalue weighted by Gasteiger charge is 2.27. The lowest BCUT2D eigenvalue weighted by molar-refractivity contribution is -0.149. The first kappa shape index (κ1) is 19.2. The molecule has 0 bridgehead atoms. The van der Waals surface area contributed by atoms with Gasteiger partial charge in [0.1, 0.15) is 5.15 Å². The fraction of sp³-hybridized carbons (Fsp3) is 0.350. The largest absolute Gasteiger partial charge is 0.449 e. The van der Waals surface area contributed by atoms with Gasteiger partial charge < -0.3 is 9.64 Å². The summed E-state index contributed by atoms with van der Waals surface area (Å²) in [6, 6.07) is 7.82. The Labute approximate surface area is 163 Å². The van der Waals surface area contributed by atoms with E-state index in [9.17, 15) is 9.59 Å². The van der Waals surface area contributed by atoms with Gasteiger partial charge in [-0.1, -0.05) is 29.8 Å². The van der Waals surface area contributed by atoms with Gasteiger partial charge in [-0.2, -0.15) is 5.10 Å². The van der Waals surface area contributed by atoms with Crippen LogP contribution in [0.2, 0.25) is 5.15 Å². The highest BCUT2D eigenvalue weighted by molar-refractivity contribution is 6.31. The smallest absolute Gasteiger partial charge is 0.331 e. The Morgan fingerprint density at radius 1 is 1.33 bits per heavy atom. The third-order valence-corrected chi connectivity index (χ3v) is 5.05. The quantitative estimate of drug-likeness (QED) is 0.596. The van der Waals surface area contributed by atoms with Gasteiger partial charge in [0.2, 0.25) is 0 Å². The normalized spacial score (nSPS) is 14.9. The lowest BCUT2D eigenvalue weighted by atomic mass is 10.0. The van der Waals surface area contributed by atoms with Crippen molar-refractivity contribution < 1.29 is 14.3 Å². The molecule has 6 nitrogen and oxygen atoms in total. The number of hydrogen-bond acceptors (Lipinski definition) is 4. The van der Waals surface area contributed by atoms with E-state index in [4.69, 9.17) is 16.3 Å². The standard InChI is InChI=1S/C20H22ClN3O3/c1-13-16(19(21)23(3)22-13)10-11-18(25)27-14(2)20(26)24-12-6-8-15-7-4-5-9-17(15)24/h4-5,7,9-11,14H,6,8,12H2,1-3H3/b11-10+. The van der Waals surface area contributed by atoms with E-state index in [1.807, 2.05) is 24.3 Å². The first-order valence-corrected chi connectivity index (χ1v) is 9.23. The average molecular weight is 388 g/mol. The van der Waals surface area contributed by atoms with Gasteiger partial charge >= 0.3 is 5.97 Å². The number of esters is 1. The maximum absolute atomic E-state index is 12.8. The summed E-state index contributed by atoms with van der Waals surface area (Å²) >= 11 is 6.14. The monoisotopic (exact) mass is 387 g/mol. The molecule has 1 aromatic carbocycles. The SMILES string of the molecule is Cc1nn(C)c(Cl)c1/C=C/C(=O)OC(C)C(=O)N1CCCc2ccccc21. The zero-order valence-electron chi connectivity index (χ0n) is 15.6. The van der Waals surface area contributed by atoms with Gasteiger partial charge in [0, 0.05) is 30.9 Å².